The predicted molar refractivity (Wildman–Crippen MR) is 70.3 cm³/mol. The van der Waals surface area contributed by atoms with Crippen LogP contribution in [0.5, 0.6) is 0 Å². The van der Waals surface area contributed by atoms with Gasteiger partial charge in [0.2, 0.25) is 0 Å². The van der Waals surface area contributed by atoms with Crippen LogP contribution in [0.15, 0.2) is 30.3 Å². The Morgan fingerprint density at radius 1 is 1.24 bits per heavy atom. The minimum Gasteiger partial charge on any atom is -0.662 e. The Balaban J connectivity index is 0.000000292. The number of rotatable bonds is 1. The summed E-state index contributed by atoms with van der Waals surface area (Å²) in [5, 5.41) is 4.26. The average molecular weight is 304 g/mol. The maximum Gasteiger partial charge on any atom is 0 e. The largest absolute Gasteiger partial charge is 0.662 e. The van der Waals surface area contributed by atoms with Crippen molar-refractivity contribution in [2.75, 3.05) is 13.1 Å². The average Bonchev–Trinajstić information content (AvgIpc) is 2.32. The van der Waals surface area contributed by atoms with Crippen molar-refractivity contribution in [3.05, 3.63) is 55.1 Å². The summed E-state index contributed by atoms with van der Waals surface area (Å²) in [4.78, 5) is 0. The normalized spacial score (nSPS) is 17.3. The second kappa shape index (κ2) is 9.13. The van der Waals surface area contributed by atoms with Gasteiger partial charge in [-0.1, -0.05) is 25.8 Å². The van der Waals surface area contributed by atoms with E-state index >= 15 is 0 Å². The fourth-order valence-corrected chi connectivity index (χ4v) is 1.62. The van der Waals surface area contributed by atoms with E-state index in [1.807, 2.05) is 30.3 Å². The molecular weight excluding hydrogens is 283 g/mol. The standard InChI is InChI=1S/C8H14N.C7H7.Y/c1-3-8(2)4-6-9-7-5-8;1-7-5-3-2-4-6-7;/h1H,3-7H2,2H3;2-6H,1H2;/q2*-1;. The smallest absolute Gasteiger partial charge is 0 e. The number of hydrogen-bond acceptors (Lipinski definition) is 0. The first kappa shape index (κ1) is 17.2. The third-order valence-corrected chi connectivity index (χ3v) is 3.08. The van der Waals surface area contributed by atoms with Crippen LogP contribution in [0, 0.1) is 19.3 Å². The van der Waals surface area contributed by atoms with E-state index in [0.717, 1.165) is 25.1 Å². The van der Waals surface area contributed by atoms with Gasteiger partial charge in [0.25, 0.3) is 0 Å². The number of hydrogen-bond donors (Lipinski definition) is 0. The van der Waals surface area contributed by atoms with E-state index in [4.69, 9.17) is 6.92 Å². The molecule has 17 heavy (non-hydrogen) atoms. The van der Waals surface area contributed by atoms with E-state index in [0.29, 0.717) is 5.41 Å². The van der Waals surface area contributed by atoms with Crippen LogP contribution in [0.3, 0.4) is 0 Å². The van der Waals surface area contributed by atoms with Crippen LogP contribution in [-0.4, -0.2) is 13.1 Å². The molecule has 0 spiro atoms. The van der Waals surface area contributed by atoms with Crippen molar-refractivity contribution < 1.29 is 32.7 Å². The minimum absolute atomic E-state index is 0. The molecule has 2 heteroatoms. The molecule has 3 radical (unpaired) electrons. The molecule has 1 aromatic rings. The Kier molecular flexibility index (Phi) is 9.22. The Labute approximate surface area is 132 Å². The molecular formula is C15H21NY-2. The second-order valence-electron chi connectivity index (χ2n) is 4.67. The van der Waals surface area contributed by atoms with Crippen LogP contribution in [0.25, 0.3) is 5.32 Å². The van der Waals surface area contributed by atoms with Gasteiger partial charge < -0.3 is 5.32 Å². The molecule has 0 amide bonds. The van der Waals surface area contributed by atoms with E-state index in [1.165, 1.54) is 12.8 Å². The fraction of sp³-hybridized carbons (Fsp3) is 0.467. The molecule has 0 aromatic heterocycles. The third kappa shape index (κ3) is 7.23. The molecule has 1 heterocycles. The van der Waals surface area contributed by atoms with Crippen molar-refractivity contribution in [3.8, 4) is 0 Å². The summed E-state index contributed by atoms with van der Waals surface area (Å²) < 4.78 is 0. The first-order valence-corrected chi connectivity index (χ1v) is 5.87. The molecule has 1 nitrogen and oxygen atoms in total. The molecule has 1 fully saturated rings. The zero-order chi connectivity index (χ0) is 11.9. The zero-order valence-electron chi connectivity index (χ0n) is 10.7. The van der Waals surface area contributed by atoms with Crippen LogP contribution >= 0.6 is 0 Å². The molecule has 0 bridgehead atoms. The van der Waals surface area contributed by atoms with Gasteiger partial charge in [0.1, 0.15) is 0 Å². The fourth-order valence-electron chi connectivity index (χ4n) is 1.62. The Bertz CT molecular complexity index is 278. The van der Waals surface area contributed by atoms with Crippen LogP contribution in [-0.2, 0) is 32.7 Å². The van der Waals surface area contributed by atoms with E-state index < -0.39 is 0 Å². The predicted octanol–water partition coefficient (Wildman–Crippen LogP) is 4.13. The maximum absolute atomic E-state index is 5.60. The molecule has 1 saturated heterocycles. The van der Waals surface area contributed by atoms with Gasteiger partial charge in [-0.3, -0.25) is 0 Å². The summed E-state index contributed by atoms with van der Waals surface area (Å²) >= 11 is 0. The zero-order valence-corrected chi connectivity index (χ0v) is 13.6. The summed E-state index contributed by atoms with van der Waals surface area (Å²) in [5.41, 5.74) is 1.48. The molecule has 0 saturated carbocycles. The van der Waals surface area contributed by atoms with Crippen LogP contribution in [0.1, 0.15) is 31.7 Å². The van der Waals surface area contributed by atoms with Crippen LogP contribution in [0.2, 0.25) is 0 Å². The minimum atomic E-state index is 0. The van der Waals surface area contributed by atoms with Gasteiger partial charge >= 0.3 is 0 Å². The molecule has 0 unspecified atom stereocenters. The summed E-state index contributed by atoms with van der Waals surface area (Å²) in [6.45, 7) is 13.6. The van der Waals surface area contributed by atoms with Gasteiger partial charge in [-0.2, -0.15) is 24.6 Å². The van der Waals surface area contributed by atoms with E-state index in [9.17, 15) is 0 Å². The van der Waals surface area contributed by atoms with Gasteiger partial charge in [0.15, 0.2) is 0 Å². The van der Waals surface area contributed by atoms with Gasteiger partial charge in [-0.05, 0) is 18.8 Å². The molecule has 1 aliphatic rings. The monoisotopic (exact) mass is 304 g/mol. The van der Waals surface area contributed by atoms with Crippen molar-refractivity contribution in [1.82, 2.24) is 0 Å². The Hall–Kier alpha value is 0.154. The molecule has 0 aliphatic carbocycles. The molecule has 1 aromatic carbocycles. The van der Waals surface area contributed by atoms with Gasteiger partial charge in [-0.25, -0.2) is 0 Å². The van der Waals surface area contributed by atoms with Gasteiger partial charge in [0.05, 0.1) is 0 Å². The van der Waals surface area contributed by atoms with Crippen molar-refractivity contribution >= 4 is 0 Å². The molecule has 91 valence electrons. The number of piperidine rings is 1. The van der Waals surface area contributed by atoms with Crippen molar-refractivity contribution in [3.63, 3.8) is 0 Å². The second-order valence-corrected chi connectivity index (χ2v) is 4.67. The maximum atomic E-state index is 5.60. The molecule has 2 rings (SSSR count). The Morgan fingerprint density at radius 2 is 1.76 bits per heavy atom. The topological polar surface area (TPSA) is 14.1 Å². The van der Waals surface area contributed by atoms with Gasteiger partial charge in [0, 0.05) is 32.7 Å². The Morgan fingerprint density at radius 3 is 2.06 bits per heavy atom. The van der Waals surface area contributed by atoms with Crippen molar-refractivity contribution in [2.24, 2.45) is 5.41 Å². The number of benzene rings is 1. The van der Waals surface area contributed by atoms with Crippen molar-refractivity contribution in [1.29, 1.82) is 0 Å². The first-order valence-electron chi connectivity index (χ1n) is 5.87. The summed E-state index contributed by atoms with van der Waals surface area (Å²) in [7, 11) is 0. The first-order chi connectivity index (χ1) is 7.66. The quantitative estimate of drug-likeness (QED) is 0.693. The van der Waals surface area contributed by atoms with E-state index in [-0.39, 0.29) is 32.7 Å². The SMILES string of the molecule is [CH2-]c1ccccc1.[CH]CC1(C)CC[N-]CC1.[Y]. The number of nitrogens with zero attached hydrogens (tertiary/aromatic N) is 1. The summed E-state index contributed by atoms with van der Waals surface area (Å²) in [6.07, 6.45) is 3.19. The molecule has 0 atom stereocenters. The summed E-state index contributed by atoms with van der Waals surface area (Å²) in [6, 6.07) is 9.87. The van der Waals surface area contributed by atoms with Crippen LogP contribution < -0.4 is 0 Å². The van der Waals surface area contributed by atoms with E-state index in [2.05, 4.69) is 19.2 Å². The summed E-state index contributed by atoms with van der Waals surface area (Å²) in [5.74, 6) is 0. The van der Waals surface area contributed by atoms with Crippen LogP contribution in [0.4, 0.5) is 0 Å². The molecule has 0 N–H and O–H groups in total. The van der Waals surface area contributed by atoms with E-state index in [1.54, 1.807) is 0 Å². The van der Waals surface area contributed by atoms with Gasteiger partial charge in [-0.15, -0.1) is 25.2 Å². The van der Waals surface area contributed by atoms with Crippen molar-refractivity contribution in [2.45, 2.75) is 26.2 Å². The third-order valence-electron chi connectivity index (χ3n) is 3.08. The molecule has 1 aliphatic heterocycles.